The summed E-state index contributed by atoms with van der Waals surface area (Å²) in [5, 5.41) is 0. The molecule has 0 amide bonds. The van der Waals surface area contributed by atoms with Crippen molar-refractivity contribution in [1.29, 1.82) is 0 Å². The molecule has 0 heterocycles. The molecule has 2 aliphatic carbocycles. The van der Waals surface area contributed by atoms with Gasteiger partial charge in [-0.15, -0.1) is 0 Å². The number of unbranched alkanes of at least 4 members (excludes halogenated alkanes) is 1. The Bertz CT molecular complexity index is 353. The summed E-state index contributed by atoms with van der Waals surface area (Å²) in [7, 11) is 0. The molecule has 0 N–H and O–H groups in total. The predicted octanol–water partition coefficient (Wildman–Crippen LogP) is 9.42. The van der Waals surface area contributed by atoms with Crippen LogP contribution in [0.3, 0.4) is 0 Å². The Labute approximate surface area is 172 Å². The van der Waals surface area contributed by atoms with Gasteiger partial charge in [0.2, 0.25) is 0 Å². The summed E-state index contributed by atoms with van der Waals surface area (Å²) < 4.78 is 0. The van der Waals surface area contributed by atoms with Gasteiger partial charge < -0.3 is 0 Å². The molecule has 5 unspecified atom stereocenters. The number of hydrogen-bond donors (Lipinski definition) is 0. The fourth-order valence-electron chi connectivity index (χ4n) is 6.33. The molecule has 0 heteroatoms. The van der Waals surface area contributed by atoms with Crippen molar-refractivity contribution in [1.82, 2.24) is 0 Å². The van der Waals surface area contributed by atoms with Crippen molar-refractivity contribution in [3.05, 3.63) is 0 Å². The van der Waals surface area contributed by atoms with Gasteiger partial charge in [0.1, 0.15) is 0 Å². The van der Waals surface area contributed by atoms with Gasteiger partial charge in [0, 0.05) is 0 Å². The fraction of sp³-hybridized carbons (Fsp3) is 1.00. The van der Waals surface area contributed by atoms with E-state index in [1.807, 2.05) is 0 Å². The van der Waals surface area contributed by atoms with E-state index >= 15 is 0 Å². The summed E-state index contributed by atoms with van der Waals surface area (Å²) >= 11 is 0. The molecule has 0 spiro atoms. The zero-order chi connectivity index (χ0) is 19.5. The third-order valence-corrected chi connectivity index (χ3v) is 8.23. The van der Waals surface area contributed by atoms with Crippen LogP contribution in [-0.2, 0) is 0 Å². The van der Waals surface area contributed by atoms with Crippen LogP contribution in [0.25, 0.3) is 0 Å². The van der Waals surface area contributed by atoms with Crippen molar-refractivity contribution in [2.75, 3.05) is 0 Å². The van der Waals surface area contributed by atoms with Crippen molar-refractivity contribution in [2.24, 2.45) is 35.5 Å². The summed E-state index contributed by atoms with van der Waals surface area (Å²) in [6.45, 7) is 10.1. The van der Waals surface area contributed by atoms with Crippen molar-refractivity contribution >= 4 is 0 Å². The first kappa shape index (κ1) is 23.3. The highest BCUT2D eigenvalue weighted by atomic mass is 14.3. The summed E-state index contributed by atoms with van der Waals surface area (Å²) in [5.41, 5.74) is 0. The first-order valence-electron chi connectivity index (χ1n) is 13.0. The molecule has 2 aliphatic rings. The molecule has 0 aliphatic heterocycles. The third kappa shape index (κ3) is 9.85. The highest BCUT2D eigenvalue weighted by Gasteiger charge is 2.21. The largest absolute Gasteiger partial charge is 0.0625 e. The van der Waals surface area contributed by atoms with Crippen LogP contribution in [0.2, 0.25) is 0 Å². The Morgan fingerprint density at radius 2 is 1.33 bits per heavy atom. The lowest BCUT2D eigenvalue weighted by atomic mass is 9.77. The van der Waals surface area contributed by atoms with E-state index in [2.05, 4.69) is 27.7 Å². The molecular weight excluding hydrogens is 324 g/mol. The fourth-order valence-corrected chi connectivity index (χ4v) is 6.33. The van der Waals surface area contributed by atoms with Gasteiger partial charge in [-0.3, -0.25) is 0 Å². The lowest BCUT2D eigenvalue weighted by Crippen LogP contribution is -2.16. The molecular formula is C27H52. The summed E-state index contributed by atoms with van der Waals surface area (Å²) in [4.78, 5) is 0. The first-order chi connectivity index (χ1) is 13.0. The Morgan fingerprint density at radius 1 is 0.667 bits per heavy atom. The first-order valence-corrected chi connectivity index (χ1v) is 13.0. The molecule has 0 aromatic heterocycles. The van der Waals surface area contributed by atoms with Crippen LogP contribution in [0.15, 0.2) is 0 Å². The highest BCUT2D eigenvalue weighted by molar-refractivity contribution is 4.73. The van der Waals surface area contributed by atoms with Crippen LogP contribution in [0.1, 0.15) is 137 Å². The Hall–Kier alpha value is 0. The van der Waals surface area contributed by atoms with Gasteiger partial charge in [0.05, 0.1) is 0 Å². The van der Waals surface area contributed by atoms with Gasteiger partial charge in [-0.05, 0) is 48.3 Å². The number of rotatable bonds is 12. The summed E-state index contributed by atoms with van der Waals surface area (Å²) in [6.07, 6.45) is 25.5. The molecule has 5 atom stereocenters. The molecule has 27 heavy (non-hydrogen) atoms. The minimum Gasteiger partial charge on any atom is -0.0625 e. The second-order valence-corrected chi connectivity index (χ2v) is 11.2. The Kier molecular flexibility index (Phi) is 11.4. The lowest BCUT2D eigenvalue weighted by molar-refractivity contribution is 0.234. The maximum absolute atomic E-state index is 2.53. The topological polar surface area (TPSA) is 0 Å². The quantitative estimate of drug-likeness (QED) is 0.297. The Morgan fingerprint density at radius 3 is 2.07 bits per heavy atom. The monoisotopic (exact) mass is 376 g/mol. The second-order valence-electron chi connectivity index (χ2n) is 11.2. The lowest BCUT2D eigenvalue weighted by Gasteiger charge is -2.28. The van der Waals surface area contributed by atoms with Crippen molar-refractivity contribution in [3.63, 3.8) is 0 Å². The molecule has 0 aromatic carbocycles. The normalized spacial score (nSPS) is 28.0. The predicted molar refractivity (Wildman–Crippen MR) is 122 cm³/mol. The van der Waals surface area contributed by atoms with E-state index in [-0.39, 0.29) is 0 Å². The van der Waals surface area contributed by atoms with E-state index in [0.717, 1.165) is 35.5 Å². The summed E-state index contributed by atoms with van der Waals surface area (Å²) in [5.74, 6) is 5.97. The summed E-state index contributed by atoms with van der Waals surface area (Å²) in [6, 6.07) is 0. The van der Waals surface area contributed by atoms with Gasteiger partial charge >= 0.3 is 0 Å². The zero-order valence-electron chi connectivity index (χ0n) is 19.5. The third-order valence-electron chi connectivity index (χ3n) is 8.23. The van der Waals surface area contributed by atoms with Gasteiger partial charge in [-0.2, -0.15) is 0 Å². The van der Waals surface area contributed by atoms with E-state index in [1.54, 1.807) is 0 Å². The zero-order valence-corrected chi connectivity index (χ0v) is 19.5. The van der Waals surface area contributed by atoms with Crippen molar-refractivity contribution in [3.8, 4) is 0 Å². The SMILES string of the molecule is CC(CCCCC1CCCCC1C)CCC(C)CC(C)CC1CCCCC1. The molecule has 0 radical (unpaired) electrons. The van der Waals surface area contributed by atoms with Gasteiger partial charge in [-0.25, -0.2) is 0 Å². The standard InChI is InChI=1S/C27H52/c1-22(12-8-10-16-27-17-11-9-13-25(27)4)18-19-23(2)20-24(3)21-26-14-6-5-7-15-26/h22-27H,5-21H2,1-4H3. The van der Waals surface area contributed by atoms with E-state index in [0.29, 0.717) is 0 Å². The van der Waals surface area contributed by atoms with E-state index < -0.39 is 0 Å². The van der Waals surface area contributed by atoms with Crippen LogP contribution >= 0.6 is 0 Å². The molecule has 2 saturated carbocycles. The van der Waals surface area contributed by atoms with Crippen LogP contribution in [0, 0.1) is 35.5 Å². The molecule has 0 bridgehead atoms. The minimum absolute atomic E-state index is 0.939. The van der Waals surface area contributed by atoms with Crippen LogP contribution in [0.4, 0.5) is 0 Å². The maximum atomic E-state index is 2.53. The maximum Gasteiger partial charge on any atom is -0.0388 e. The molecule has 0 aromatic rings. The minimum atomic E-state index is 0.939. The van der Waals surface area contributed by atoms with Gasteiger partial charge in [0.25, 0.3) is 0 Å². The average molecular weight is 377 g/mol. The second kappa shape index (κ2) is 13.3. The highest BCUT2D eigenvalue weighted by Crippen LogP contribution is 2.34. The van der Waals surface area contributed by atoms with Gasteiger partial charge in [-0.1, -0.05) is 124 Å². The van der Waals surface area contributed by atoms with E-state index in [4.69, 9.17) is 0 Å². The molecule has 0 nitrogen and oxygen atoms in total. The van der Waals surface area contributed by atoms with Crippen LogP contribution < -0.4 is 0 Å². The van der Waals surface area contributed by atoms with E-state index in [1.165, 1.54) is 109 Å². The van der Waals surface area contributed by atoms with Crippen molar-refractivity contribution < 1.29 is 0 Å². The molecule has 2 rings (SSSR count). The molecule has 160 valence electrons. The molecule has 0 saturated heterocycles. The average Bonchev–Trinajstić information content (AvgIpc) is 2.65. The van der Waals surface area contributed by atoms with Crippen molar-refractivity contribution in [2.45, 2.75) is 137 Å². The number of hydrogen-bond acceptors (Lipinski definition) is 0. The van der Waals surface area contributed by atoms with E-state index in [9.17, 15) is 0 Å². The smallest absolute Gasteiger partial charge is 0.0388 e. The van der Waals surface area contributed by atoms with Crippen LogP contribution in [0.5, 0.6) is 0 Å². The Balaban J connectivity index is 1.48. The van der Waals surface area contributed by atoms with Gasteiger partial charge in [0.15, 0.2) is 0 Å². The van der Waals surface area contributed by atoms with Crippen LogP contribution in [-0.4, -0.2) is 0 Å². The molecule has 2 fully saturated rings.